The number of hydrogen-bond acceptors (Lipinski definition) is 4. The third-order valence-electron chi connectivity index (χ3n) is 4.78. The molecule has 0 saturated carbocycles. The van der Waals surface area contributed by atoms with Crippen molar-refractivity contribution >= 4 is 11.8 Å². The van der Waals surface area contributed by atoms with Gasteiger partial charge in [0.15, 0.2) is 0 Å². The van der Waals surface area contributed by atoms with Gasteiger partial charge < -0.3 is 19.9 Å². The van der Waals surface area contributed by atoms with Crippen LogP contribution in [0.5, 0.6) is 0 Å². The monoisotopic (exact) mass is 325 g/mol. The summed E-state index contributed by atoms with van der Waals surface area (Å²) in [5, 5.41) is 2.95. The molecule has 0 aromatic heterocycles. The van der Waals surface area contributed by atoms with Crippen molar-refractivity contribution in [3.05, 3.63) is 0 Å². The standard InChI is InChI=1S/C17H31N3O3/c1-14-6-5-9-19(12-14)8-4-3-7-18-17(22)16-13-23-11-10-20(16)15(2)21/h14,16H,3-13H2,1-2H3,(H,18,22)/t14-,16+/m1/s1. The predicted molar refractivity (Wildman–Crippen MR) is 89.1 cm³/mol. The van der Waals surface area contributed by atoms with Crippen molar-refractivity contribution in [3.8, 4) is 0 Å². The maximum atomic E-state index is 12.2. The summed E-state index contributed by atoms with van der Waals surface area (Å²) < 4.78 is 5.34. The van der Waals surface area contributed by atoms with Crippen molar-refractivity contribution in [2.24, 2.45) is 5.92 Å². The minimum atomic E-state index is -0.468. The zero-order chi connectivity index (χ0) is 16.7. The number of nitrogens with one attached hydrogen (secondary N) is 1. The van der Waals surface area contributed by atoms with Crippen LogP contribution < -0.4 is 5.32 Å². The smallest absolute Gasteiger partial charge is 0.245 e. The SMILES string of the molecule is CC(=O)N1CCOC[C@H]1C(=O)NCCCCN1CCC[C@@H](C)C1. The first-order valence-electron chi connectivity index (χ1n) is 8.93. The molecule has 6 nitrogen and oxygen atoms in total. The summed E-state index contributed by atoms with van der Waals surface area (Å²) in [7, 11) is 0. The molecular weight excluding hydrogens is 294 g/mol. The molecule has 1 N–H and O–H groups in total. The fourth-order valence-corrected chi connectivity index (χ4v) is 3.48. The summed E-state index contributed by atoms with van der Waals surface area (Å²) in [6, 6.07) is -0.468. The molecule has 2 aliphatic heterocycles. The van der Waals surface area contributed by atoms with Crippen LogP contribution in [-0.2, 0) is 14.3 Å². The fourth-order valence-electron chi connectivity index (χ4n) is 3.48. The van der Waals surface area contributed by atoms with Crippen LogP contribution in [0.25, 0.3) is 0 Å². The van der Waals surface area contributed by atoms with Crippen LogP contribution in [0.15, 0.2) is 0 Å². The van der Waals surface area contributed by atoms with Crippen LogP contribution in [0.4, 0.5) is 0 Å². The van der Waals surface area contributed by atoms with E-state index < -0.39 is 6.04 Å². The number of likely N-dealkylation sites (tertiary alicyclic amines) is 1. The number of piperidine rings is 1. The minimum Gasteiger partial charge on any atom is -0.377 e. The van der Waals surface area contributed by atoms with Crippen LogP contribution in [0.2, 0.25) is 0 Å². The van der Waals surface area contributed by atoms with E-state index in [9.17, 15) is 9.59 Å². The van der Waals surface area contributed by atoms with Crippen molar-refractivity contribution < 1.29 is 14.3 Å². The summed E-state index contributed by atoms with van der Waals surface area (Å²) in [6.07, 6.45) is 4.73. The molecule has 132 valence electrons. The molecule has 0 aliphatic carbocycles. The van der Waals surface area contributed by atoms with Gasteiger partial charge >= 0.3 is 0 Å². The molecule has 0 spiro atoms. The van der Waals surface area contributed by atoms with Gasteiger partial charge in [-0.2, -0.15) is 0 Å². The van der Waals surface area contributed by atoms with E-state index in [4.69, 9.17) is 4.74 Å². The average molecular weight is 325 g/mol. The topological polar surface area (TPSA) is 61.9 Å². The molecule has 0 aromatic rings. The van der Waals surface area contributed by atoms with Gasteiger partial charge in [-0.1, -0.05) is 6.92 Å². The number of nitrogens with zero attached hydrogens (tertiary/aromatic N) is 2. The first kappa shape index (κ1) is 18.2. The van der Waals surface area contributed by atoms with Crippen molar-refractivity contribution in [1.82, 2.24) is 15.1 Å². The maximum Gasteiger partial charge on any atom is 0.245 e. The van der Waals surface area contributed by atoms with Crippen LogP contribution in [0.3, 0.4) is 0 Å². The first-order valence-corrected chi connectivity index (χ1v) is 8.93. The summed E-state index contributed by atoms with van der Waals surface area (Å²) in [5.74, 6) is 0.659. The Kier molecular flexibility index (Phi) is 7.30. The van der Waals surface area contributed by atoms with Gasteiger partial charge in [0, 0.05) is 26.6 Å². The number of hydrogen-bond donors (Lipinski definition) is 1. The zero-order valence-corrected chi connectivity index (χ0v) is 14.6. The molecule has 2 aliphatic rings. The van der Waals surface area contributed by atoms with Crippen LogP contribution in [-0.4, -0.2) is 73.6 Å². The molecule has 0 radical (unpaired) electrons. The van der Waals surface area contributed by atoms with E-state index in [0.717, 1.165) is 25.3 Å². The van der Waals surface area contributed by atoms with Gasteiger partial charge in [0.2, 0.25) is 11.8 Å². The molecule has 0 unspecified atom stereocenters. The Morgan fingerprint density at radius 2 is 2.09 bits per heavy atom. The molecule has 0 bridgehead atoms. The Labute approximate surface area is 139 Å². The van der Waals surface area contributed by atoms with Gasteiger partial charge in [-0.25, -0.2) is 0 Å². The van der Waals surface area contributed by atoms with E-state index in [1.165, 1.54) is 32.9 Å². The van der Waals surface area contributed by atoms with Crippen molar-refractivity contribution in [2.75, 3.05) is 45.9 Å². The largest absolute Gasteiger partial charge is 0.377 e. The molecule has 2 amide bonds. The Morgan fingerprint density at radius 3 is 2.83 bits per heavy atom. The predicted octanol–water partition coefficient (Wildman–Crippen LogP) is 0.862. The van der Waals surface area contributed by atoms with Crippen molar-refractivity contribution in [1.29, 1.82) is 0 Å². The fraction of sp³-hybridized carbons (Fsp3) is 0.882. The summed E-state index contributed by atoms with van der Waals surface area (Å²) in [5.41, 5.74) is 0. The third-order valence-corrected chi connectivity index (χ3v) is 4.78. The summed E-state index contributed by atoms with van der Waals surface area (Å²) >= 11 is 0. The van der Waals surface area contributed by atoms with Gasteiger partial charge in [-0.05, 0) is 44.7 Å². The Balaban J connectivity index is 1.61. The lowest BCUT2D eigenvalue weighted by molar-refractivity contribution is -0.146. The lowest BCUT2D eigenvalue weighted by Crippen LogP contribution is -2.55. The summed E-state index contributed by atoms with van der Waals surface area (Å²) in [4.78, 5) is 27.9. The molecule has 0 aromatic carbocycles. The number of carbonyl (C=O) groups is 2. The van der Waals surface area contributed by atoms with Crippen molar-refractivity contribution in [2.45, 2.75) is 45.6 Å². The lowest BCUT2D eigenvalue weighted by atomic mass is 10.0. The Bertz CT molecular complexity index is 403. The molecule has 2 atom stereocenters. The highest BCUT2D eigenvalue weighted by atomic mass is 16.5. The third kappa shape index (κ3) is 5.77. The number of unbranched alkanes of at least 4 members (excludes halogenated alkanes) is 1. The highest BCUT2D eigenvalue weighted by molar-refractivity contribution is 5.87. The van der Waals surface area contributed by atoms with Crippen LogP contribution in [0, 0.1) is 5.92 Å². The van der Waals surface area contributed by atoms with Crippen LogP contribution >= 0.6 is 0 Å². The van der Waals surface area contributed by atoms with Gasteiger partial charge in [0.05, 0.1) is 13.2 Å². The van der Waals surface area contributed by atoms with Gasteiger partial charge in [-0.15, -0.1) is 0 Å². The van der Waals surface area contributed by atoms with Crippen molar-refractivity contribution in [3.63, 3.8) is 0 Å². The lowest BCUT2D eigenvalue weighted by Gasteiger charge is -2.33. The van der Waals surface area contributed by atoms with E-state index in [0.29, 0.717) is 26.3 Å². The average Bonchev–Trinajstić information content (AvgIpc) is 2.54. The molecular formula is C17H31N3O3. The normalized spacial score (nSPS) is 26.1. The number of ether oxygens (including phenoxy) is 1. The zero-order valence-electron chi connectivity index (χ0n) is 14.6. The molecule has 2 saturated heterocycles. The second-order valence-corrected chi connectivity index (χ2v) is 6.85. The van der Waals surface area contributed by atoms with Crippen LogP contribution in [0.1, 0.15) is 39.5 Å². The Hall–Kier alpha value is -1.14. The molecule has 23 heavy (non-hydrogen) atoms. The number of rotatable bonds is 6. The van der Waals surface area contributed by atoms with E-state index in [2.05, 4.69) is 17.1 Å². The Morgan fingerprint density at radius 1 is 1.26 bits per heavy atom. The minimum absolute atomic E-state index is 0.0623. The maximum absolute atomic E-state index is 12.2. The first-order chi connectivity index (χ1) is 11.1. The number of morpholine rings is 1. The quantitative estimate of drug-likeness (QED) is 0.736. The second-order valence-electron chi connectivity index (χ2n) is 6.85. The van der Waals surface area contributed by atoms with Gasteiger partial charge in [0.1, 0.15) is 6.04 Å². The van der Waals surface area contributed by atoms with Gasteiger partial charge in [-0.3, -0.25) is 9.59 Å². The summed E-state index contributed by atoms with van der Waals surface area (Å²) in [6.45, 7) is 9.35. The van der Waals surface area contributed by atoms with E-state index in [1.807, 2.05) is 0 Å². The van der Waals surface area contributed by atoms with Gasteiger partial charge in [0.25, 0.3) is 0 Å². The highest BCUT2D eigenvalue weighted by Crippen LogP contribution is 2.15. The number of amides is 2. The molecule has 2 heterocycles. The highest BCUT2D eigenvalue weighted by Gasteiger charge is 2.30. The number of carbonyl (C=O) groups excluding carboxylic acids is 2. The molecule has 2 rings (SSSR count). The molecule has 6 heteroatoms. The second kappa shape index (κ2) is 9.23. The van der Waals surface area contributed by atoms with E-state index in [-0.39, 0.29) is 11.8 Å². The molecule has 2 fully saturated rings. The van der Waals surface area contributed by atoms with E-state index in [1.54, 1.807) is 4.90 Å². The van der Waals surface area contributed by atoms with E-state index >= 15 is 0 Å².